The Morgan fingerprint density at radius 2 is 1.45 bits per heavy atom. The molecule has 0 amide bonds. The number of rotatable bonds is 3. The summed E-state index contributed by atoms with van der Waals surface area (Å²) in [4.78, 5) is 19.1. The maximum Gasteiger partial charge on any atom is 0.122 e. The first-order valence-corrected chi connectivity index (χ1v) is 3.93. The van der Waals surface area contributed by atoms with Crippen LogP contribution in [0.15, 0.2) is 0 Å². The van der Waals surface area contributed by atoms with Crippen LogP contribution in [0.4, 0.5) is 0 Å². The van der Waals surface area contributed by atoms with Crippen LogP contribution in [0.5, 0.6) is 0 Å². The van der Waals surface area contributed by atoms with E-state index in [1.165, 1.54) is 0 Å². The average Bonchev–Trinajstić information content (AvgIpc) is 1.89. The van der Waals surface area contributed by atoms with E-state index >= 15 is 0 Å². The molecule has 0 heterocycles. The highest BCUT2D eigenvalue weighted by Gasteiger charge is 1.85. The number of hydrogen-bond donors (Lipinski definition) is 0. The van der Waals surface area contributed by atoms with Gasteiger partial charge in [-0.25, -0.2) is 0 Å². The summed E-state index contributed by atoms with van der Waals surface area (Å²) in [7, 11) is 0. The van der Waals surface area contributed by atoms with Gasteiger partial charge >= 0.3 is 0 Å². The van der Waals surface area contributed by atoms with E-state index in [1.54, 1.807) is 0 Å². The van der Waals surface area contributed by atoms with Crippen molar-refractivity contribution in [1.82, 2.24) is 0 Å². The fourth-order valence-electron chi connectivity index (χ4n) is 0.192. The molecule has 0 aliphatic rings. The van der Waals surface area contributed by atoms with Gasteiger partial charge in [-0.1, -0.05) is 27.7 Å². The standard InChI is InChI=1S/C5H10O.C4H8O/c1-5(2)3-4-6;1-4(2)3-5/h4-5H,3H2,1-2H3;3-4H,1-2H3. The second-order valence-corrected chi connectivity index (χ2v) is 3.18. The number of aldehydes is 2. The van der Waals surface area contributed by atoms with E-state index in [1.807, 2.05) is 27.7 Å². The first-order valence-electron chi connectivity index (χ1n) is 3.93. The van der Waals surface area contributed by atoms with Crippen LogP contribution in [0.3, 0.4) is 0 Å². The smallest absolute Gasteiger partial charge is 0.122 e. The van der Waals surface area contributed by atoms with E-state index < -0.39 is 0 Å². The minimum Gasteiger partial charge on any atom is -0.303 e. The van der Waals surface area contributed by atoms with Gasteiger partial charge in [-0.05, 0) is 5.92 Å². The molecule has 0 saturated heterocycles. The van der Waals surface area contributed by atoms with Crippen molar-refractivity contribution >= 4 is 12.6 Å². The van der Waals surface area contributed by atoms with E-state index in [0.29, 0.717) is 12.3 Å². The molecule has 0 spiro atoms. The molecule has 0 aliphatic carbocycles. The van der Waals surface area contributed by atoms with Gasteiger partial charge in [-0.2, -0.15) is 0 Å². The third-order valence-electron chi connectivity index (χ3n) is 0.840. The predicted octanol–water partition coefficient (Wildman–Crippen LogP) is 2.07. The predicted molar refractivity (Wildman–Crippen MR) is 46.4 cm³/mol. The zero-order valence-corrected chi connectivity index (χ0v) is 7.83. The summed E-state index contributed by atoms with van der Waals surface area (Å²) >= 11 is 0. The lowest BCUT2D eigenvalue weighted by Crippen LogP contribution is -1.84. The molecule has 2 nitrogen and oxygen atoms in total. The van der Waals surface area contributed by atoms with Crippen LogP contribution in [0.1, 0.15) is 34.1 Å². The van der Waals surface area contributed by atoms with Gasteiger partial charge in [0.2, 0.25) is 0 Å². The minimum absolute atomic E-state index is 0.204. The van der Waals surface area contributed by atoms with Crippen molar-refractivity contribution in [3.8, 4) is 0 Å². The van der Waals surface area contributed by atoms with Crippen molar-refractivity contribution in [3.63, 3.8) is 0 Å². The van der Waals surface area contributed by atoms with Gasteiger partial charge in [-0.3, -0.25) is 0 Å². The molecule has 0 aromatic rings. The zero-order chi connectivity index (χ0) is 9.28. The topological polar surface area (TPSA) is 34.1 Å². The van der Waals surface area contributed by atoms with Crippen LogP contribution in [0, 0.1) is 11.8 Å². The highest BCUT2D eigenvalue weighted by atomic mass is 16.1. The van der Waals surface area contributed by atoms with Crippen LogP contribution >= 0.6 is 0 Å². The first kappa shape index (κ1) is 13.0. The van der Waals surface area contributed by atoms with Crippen molar-refractivity contribution in [3.05, 3.63) is 0 Å². The molecule has 0 aromatic heterocycles. The Balaban J connectivity index is 0. The van der Waals surface area contributed by atoms with Crippen LogP contribution in [-0.2, 0) is 9.59 Å². The second kappa shape index (κ2) is 9.34. The molecule has 66 valence electrons. The van der Waals surface area contributed by atoms with E-state index in [2.05, 4.69) is 0 Å². The molecule has 0 aliphatic heterocycles. The van der Waals surface area contributed by atoms with Crippen LogP contribution in [0.2, 0.25) is 0 Å². The van der Waals surface area contributed by atoms with Gasteiger partial charge in [0.15, 0.2) is 0 Å². The molecule has 0 atom stereocenters. The van der Waals surface area contributed by atoms with Gasteiger partial charge in [0.25, 0.3) is 0 Å². The minimum atomic E-state index is 0.204. The number of carbonyl (C=O) groups is 2. The normalized spacial score (nSPS) is 8.91. The third kappa shape index (κ3) is 26.7. The molecule has 0 fully saturated rings. The van der Waals surface area contributed by atoms with Gasteiger partial charge in [0.05, 0.1) is 0 Å². The van der Waals surface area contributed by atoms with Crippen LogP contribution < -0.4 is 0 Å². The zero-order valence-electron chi connectivity index (χ0n) is 7.83. The summed E-state index contributed by atoms with van der Waals surface area (Å²) in [5.74, 6) is 0.734. The lowest BCUT2D eigenvalue weighted by atomic mass is 10.2. The Hall–Kier alpha value is -0.660. The molecule has 0 N–H and O–H groups in total. The maximum atomic E-state index is 9.62. The van der Waals surface area contributed by atoms with E-state index in [0.717, 1.165) is 12.6 Å². The Morgan fingerprint density at radius 3 is 1.45 bits per heavy atom. The van der Waals surface area contributed by atoms with E-state index in [-0.39, 0.29) is 5.92 Å². The average molecular weight is 158 g/mol. The van der Waals surface area contributed by atoms with Gasteiger partial charge in [0, 0.05) is 12.3 Å². The molecule has 11 heavy (non-hydrogen) atoms. The third-order valence-corrected chi connectivity index (χ3v) is 0.840. The highest BCUT2D eigenvalue weighted by Crippen LogP contribution is 1.92. The summed E-state index contributed by atoms with van der Waals surface area (Å²) in [6.07, 6.45) is 2.56. The quantitative estimate of drug-likeness (QED) is 0.589. The largest absolute Gasteiger partial charge is 0.303 e. The second-order valence-electron chi connectivity index (χ2n) is 3.18. The van der Waals surface area contributed by atoms with Crippen molar-refractivity contribution in [2.24, 2.45) is 11.8 Å². The Kier molecular flexibility index (Phi) is 11.0. The summed E-state index contributed by atoms with van der Waals surface area (Å²) in [5, 5.41) is 0. The lowest BCUT2D eigenvalue weighted by Gasteiger charge is -1.89. The summed E-state index contributed by atoms with van der Waals surface area (Å²) in [6.45, 7) is 7.75. The Bertz CT molecular complexity index is 95.7. The summed E-state index contributed by atoms with van der Waals surface area (Å²) in [6, 6.07) is 0. The summed E-state index contributed by atoms with van der Waals surface area (Å²) in [5.41, 5.74) is 0. The molecular weight excluding hydrogens is 140 g/mol. The van der Waals surface area contributed by atoms with Crippen molar-refractivity contribution in [2.45, 2.75) is 34.1 Å². The van der Waals surface area contributed by atoms with Crippen molar-refractivity contribution in [2.75, 3.05) is 0 Å². The SMILES string of the molecule is CC(C)C=O.CC(C)CC=O. The number of carbonyl (C=O) groups excluding carboxylic acids is 2. The molecule has 2 heteroatoms. The molecule has 0 saturated carbocycles. The molecule has 0 unspecified atom stereocenters. The molecular formula is C9H18O2. The van der Waals surface area contributed by atoms with Gasteiger partial charge in [-0.15, -0.1) is 0 Å². The molecule has 0 rings (SSSR count). The van der Waals surface area contributed by atoms with Crippen molar-refractivity contribution < 1.29 is 9.59 Å². The fourth-order valence-corrected chi connectivity index (χ4v) is 0.192. The molecule has 0 bridgehead atoms. The first-order chi connectivity index (χ1) is 5.04. The Labute approximate surface area is 69.0 Å². The van der Waals surface area contributed by atoms with Gasteiger partial charge in [0.1, 0.15) is 12.6 Å². The highest BCUT2D eigenvalue weighted by molar-refractivity contribution is 5.51. The number of hydrogen-bond acceptors (Lipinski definition) is 2. The van der Waals surface area contributed by atoms with E-state index in [4.69, 9.17) is 0 Å². The molecule has 0 aromatic carbocycles. The van der Waals surface area contributed by atoms with Crippen LogP contribution in [-0.4, -0.2) is 12.6 Å². The van der Waals surface area contributed by atoms with Crippen molar-refractivity contribution in [1.29, 1.82) is 0 Å². The maximum absolute atomic E-state index is 9.62. The fraction of sp³-hybridized carbons (Fsp3) is 0.778. The van der Waals surface area contributed by atoms with E-state index in [9.17, 15) is 9.59 Å². The van der Waals surface area contributed by atoms with Gasteiger partial charge < -0.3 is 9.59 Å². The monoisotopic (exact) mass is 158 g/mol. The summed E-state index contributed by atoms with van der Waals surface area (Å²) < 4.78 is 0. The van der Waals surface area contributed by atoms with Crippen LogP contribution in [0.25, 0.3) is 0 Å². The lowest BCUT2D eigenvalue weighted by molar-refractivity contribution is -0.110. The molecule has 0 radical (unpaired) electrons. The Morgan fingerprint density at radius 1 is 1.09 bits per heavy atom.